The van der Waals surface area contributed by atoms with Gasteiger partial charge in [-0.3, -0.25) is 4.79 Å². The van der Waals surface area contributed by atoms with Crippen LogP contribution in [-0.2, 0) is 14.3 Å². The number of amides is 1. The van der Waals surface area contributed by atoms with Gasteiger partial charge in [0.2, 0.25) is 5.91 Å². The van der Waals surface area contributed by atoms with E-state index in [0.29, 0.717) is 42.8 Å². The van der Waals surface area contributed by atoms with Gasteiger partial charge in [-0.15, -0.1) is 0 Å². The molecule has 1 aliphatic carbocycles. The van der Waals surface area contributed by atoms with Gasteiger partial charge in [0.25, 0.3) is 0 Å². The molecule has 1 aromatic rings. The number of hydrogen-bond acceptors (Lipinski definition) is 6. The third-order valence-corrected chi connectivity index (χ3v) is 6.53. The summed E-state index contributed by atoms with van der Waals surface area (Å²) in [5.41, 5.74) is 0.460. The molecule has 1 N–H and O–H groups in total. The van der Waals surface area contributed by atoms with E-state index in [9.17, 15) is 14.7 Å². The highest BCUT2D eigenvalue weighted by Crippen LogP contribution is 2.39. The summed E-state index contributed by atoms with van der Waals surface area (Å²) in [7, 11) is 1.35. The van der Waals surface area contributed by atoms with E-state index in [0.717, 1.165) is 32.4 Å². The number of carbonyl (C=O) groups excluding carboxylic acids is 2. The summed E-state index contributed by atoms with van der Waals surface area (Å²) >= 11 is 0. The molecule has 0 unspecified atom stereocenters. The number of likely N-dealkylation sites (tertiary alicyclic amines) is 1. The zero-order valence-corrected chi connectivity index (χ0v) is 16.8. The van der Waals surface area contributed by atoms with Crippen molar-refractivity contribution >= 4 is 11.9 Å². The van der Waals surface area contributed by atoms with Crippen molar-refractivity contribution in [2.45, 2.75) is 37.9 Å². The first-order valence-electron chi connectivity index (χ1n) is 10.4. The molecule has 0 spiro atoms. The number of aliphatic hydroxyl groups is 1. The Labute approximate surface area is 170 Å². The maximum absolute atomic E-state index is 12.8. The highest BCUT2D eigenvalue weighted by molar-refractivity contribution is 5.89. The van der Waals surface area contributed by atoms with Crippen LogP contribution in [0.5, 0.6) is 5.75 Å². The van der Waals surface area contributed by atoms with Crippen LogP contribution in [0.4, 0.5) is 0 Å². The van der Waals surface area contributed by atoms with Crippen LogP contribution >= 0.6 is 0 Å². The highest BCUT2D eigenvalue weighted by Gasteiger charge is 2.44. The second kappa shape index (κ2) is 8.71. The molecule has 3 aliphatic rings. The van der Waals surface area contributed by atoms with E-state index in [-0.39, 0.29) is 17.9 Å². The van der Waals surface area contributed by atoms with Gasteiger partial charge in [-0.05, 0) is 61.8 Å². The predicted molar refractivity (Wildman–Crippen MR) is 105 cm³/mol. The Morgan fingerprint density at radius 3 is 2.38 bits per heavy atom. The molecule has 2 heterocycles. The fraction of sp³-hybridized carbons (Fsp3) is 0.636. The molecule has 158 valence electrons. The monoisotopic (exact) mass is 403 g/mol. The smallest absolute Gasteiger partial charge is 0.337 e. The second-order valence-corrected chi connectivity index (χ2v) is 8.36. The maximum atomic E-state index is 12.8. The molecule has 0 aromatic heterocycles. The number of benzene rings is 1. The van der Waals surface area contributed by atoms with Crippen LogP contribution in [-0.4, -0.2) is 67.5 Å². The van der Waals surface area contributed by atoms with Gasteiger partial charge in [-0.1, -0.05) is 0 Å². The number of aliphatic hydroxyl groups excluding tert-OH is 1. The minimum Gasteiger partial charge on any atom is -0.488 e. The lowest BCUT2D eigenvalue weighted by molar-refractivity contribution is -0.137. The Bertz CT molecular complexity index is 729. The summed E-state index contributed by atoms with van der Waals surface area (Å²) in [5, 5.41) is 10.6. The zero-order valence-electron chi connectivity index (χ0n) is 16.8. The van der Waals surface area contributed by atoms with Crippen molar-refractivity contribution in [1.29, 1.82) is 0 Å². The third-order valence-electron chi connectivity index (χ3n) is 6.53. The Morgan fingerprint density at radius 2 is 1.72 bits per heavy atom. The van der Waals surface area contributed by atoms with Crippen LogP contribution in [0.3, 0.4) is 0 Å². The summed E-state index contributed by atoms with van der Waals surface area (Å²) in [6.07, 6.45) is 2.12. The van der Waals surface area contributed by atoms with Crippen molar-refractivity contribution in [3.63, 3.8) is 0 Å². The zero-order chi connectivity index (χ0) is 20.4. The minimum absolute atomic E-state index is 0.0780. The van der Waals surface area contributed by atoms with Gasteiger partial charge < -0.3 is 24.2 Å². The Kier molecular flexibility index (Phi) is 6.06. The molecular weight excluding hydrogens is 374 g/mol. The van der Waals surface area contributed by atoms with Gasteiger partial charge in [0, 0.05) is 32.2 Å². The van der Waals surface area contributed by atoms with Crippen molar-refractivity contribution in [3.05, 3.63) is 29.8 Å². The van der Waals surface area contributed by atoms with Crippen molar-refractivity contribution in [2.24, 2.45) is 17.8 Å². The fourth-order valence-electron chi connectivity index (χ4n) is 4.86. The van der Waals surface area contributed by atoms with Gasteiger partial charge in [-0.25, -0.2) is 4.79 Å². The molecule has 2 saturated heterocycles. The average molecular weight is 403 g/mol. The van der Waals surface area contributed by atoms with E-state index in [4.69, 9.17) is 14.2 Å². The summed E-state index contributed by atoms with van der Waals surface area (Å²) in [6.45, 7) is 2.81. The highest BCUT2D eigenvalue weighted by atomic mass is 16.5. The van der Waals surface area contributed by atoms with Gasteiger partial charge in [0.15, 0.2) is 0 Å². The fourth-order valence-corrected chi connectivity index (χ4v) is 4.86. The van der Waals surface area contributed by atoms with Crippen molar-refractivity contribution < 1.29 is 28.9 Å². The largest absolute Gasteiger partial charge is 0.488 e. The van der Waals surface area contributed by atoms with Gasteiger partial charge in [0.1, 0.15) is 11.9 Å². The number of hydrogen-bond donors (Lipinski definition) is 1. The minimum atomic E-state index is -0.560. The van der Waals surface area contributed by atoms with Crippen LogP contribution in [0, 0.1) is 17.8 Å². The molecule has 0 bridgehead atoms. The van der Waals surface area contributed by atoms with E-state index >= 15 is 0 Å². The third kappa shape index (κ3) is 4.41. The van der Waals surface area contributed by atoms with Crippen molar-refractivity contribution in [2.75, 3.05) is 33.4 Å². The first kappa shape index (κ1) is 20.2. The van der Waals surface area contributed by atoms with Gasteiger partial charge in [0.05, 0.1) is 18.8 Å². The molecular formula is C22H29NO6. The molecule has 2 aliphatic heterocycles. The topological polar surface area (TPSA) is 85.3 Å². The summed E-state index contributed by atoms with van der Waals surface area (Å²) in [6, 6.07) is 6.76. The van der Waals surface area contributed by atoms with Crippen molar-refractivity contribution in [3.8, 4) is 5.75 Å². The number of esters is 1. The molecule has 7 heteroatoms. The molecule has 7 nitrogen and oxygen atoms in total. The average Bonchev–Trinajstić information content (AvgIpc) is 3.16. The first-order valence-corrected chi connectivity index (χ1v) is 10.4. The van der Waals surface area contributed by atoms with E-state index in [1.165, 1.54) is 7.11 Å². The number of fused-ring (bicyclic) bond motifs is 1. The predicted octanol–water partition coefficient (Wildman–Crippen LogP) is 1.88. The molecule has 1 aromatic carbocycles. The molecule has 29 heavy (non-hydrogen) atoms. The number of carbonyl (C=O) groups is 2. The standard InChI is InChI=1S/C22H29NO6/c1-27-22(26)15-2-4-18(5-3-15)29-20-11-17-13-23(12-16(17)10-19(20)24)21(25)14-6-8-28-9-7-14/h2-5,14,16-17,19-20,24H,6-13H2,1H3/t16-,17+,19-,20-/m0/s1. The lowest BCUT2D eigenvalue weighted by Crippen LogP contribution is -2.42. The Morgan fingerprint density at radius 1 is 1.07 bits per heavy atom. The number of rotatable bonds is 4. The maximum Gasteiger partial charge on any atom is 0.337 e. The molecule has 3 fully saturated rings. The molecule has 4 rings (SSSR count). The number of nitrogens with zero attached hydrogens (tertiary/aromatic N) is 1. The summed E-state index contributed by atoms with van der Waals surface area (Å²) < 4.78 is 16.1. The Balaban J connectivity index is 1.35. The van der Waals surface area contributed by atoms with Gasteiger partial charge >= 0.3 is 5.97 Å². The van der Waals surface area contributed by atoms with Crippen LogP contribution < -0.4 is 4.74 Å². The SMILES string of the molecule is COC(=O)c1ccc(O[C@H]2C[C@@H]3CN(C(=O)C4CCOCC4)C[C@@H]3C[C@@H]2O)cc1. The molecule has 0 radical (unpaired) electrons. The quantitative estimate of drug-likeness (QED) is 0.773. The van der Waals surface area contributed by atoms with Crippen molar-refractivity contribution in [1.82, 2.24) is 4.90 Å². The van der Waals surface area contributed by atoms with Crippen LogP contribution in [0.15, 0.2) is 24.3 Å². The van der Waals surface area contributed by atoms with E-state index in [1.807, 2.05) is 4.90 Å². The molecule has 4 atom stereocenters. The molecule has 1 amide bonds. The number of ether oxygens (including phenoxy) is 3. The lowest BCUT2D eigenvalue weighted by atomic mass is 9.78. The Hall–Kier alpha value is -2.12. The van der Waals surface area contributed by atoms with E-state index in [2.05, 4.69) is 0 Å². The first-order chi connectivity index (χ1) is 14.0. The van der Waals surface area contributed by atoms with E-state index < -0.39 is 12.1 Å². The molecule has 1 saturated carbocycles. The van der Waals surface area contributed by atoms with Crippen LogP contribution in [0.25, 0.3) is 0 Å². The van der Waals surface area contributed by atoms with E-state index in [1.54, 1.807) is 24.3 Å². The normalized spacial score (nSPS) is 29.9. The summed E-state index contributed by atoms with van der Waals surface area (Å²) in [4.78, 5) is 26.4. The van der Waals surface area contributed by atoms with Crippen LogP contribution in [0.2, 0.25) is 0 Å². The lowest BCUT2D eigenvalue weighted by Gasteiger charge is -2.35. The second-order valence-electron chi connectivity index (χ2n) is 8.36. The number of methoxy groups -OCH3 is 1. The van der Waals surface area contributed by atoms with Crippen LogP contribution in [0.1, 0.15) is 36.0 Å². The van der Waals surface area contributed by atoms with Gasteiger partial charge in [-0.2, -0.15) is 0 Å². The summed E-state index contributed by atoms with van der Waals surface area (Å²) in [5.74, 6) is 1.23.